The highest BCUT2D eigenvalue weighted by Crippen LogP contribution is 2.24. The Morgan fingerprint density at radius 2 is 1.70 bits per heavy atom. The van der Waals surface area contributed by atoms with E-state index in [1.165, 1.54) is 0 Å². The van der Waals surface area contributed by atoms with E-state index in [0.717, 1.165) is 10.2 Å². The van der Waals surface area contributed by atoms with Crippen molar-refractivity contribution in [2.45, 2.75) is 18.9 Å². The lowest BCUT2D eigenvalue weighted by atomic mass is 10.2. The molecule has 1 fully saturated rings. The number of rotatable bonds is 4. The largest absolute Gasteiger partial charge is 0.457 e. The van der Waals surface area contributed by atoms with Crippen molar-refractivity contribution in [3.8, 4) is 11.5 Å². The Balaban J connectivity index is 1.59. The zero-order valence-corrected chi connectivity index (χ0v) is 13.8. The Morgan fingerprint density at radius 3 is 2.26 bits per heavy atom. The predicted octanol–water partition coefficient (Wildman–Crippen LogP) is 3.46. The molecule has 5 nitrogen and oxygen atoms in total. The molecule has 23 heavy (non-hydrogen) atoms. The molecule has 2 aromatic rings. The number of carbonyl (C=O) groups excluding carboxylic acids is 2. The molecule has 0 aliphatic carbocycles. The molecular weight excluding hydrogens is 360 g/mol. The van der Waals surface area contributed by atoms with E-state index in [-0.39, 0.29) is 11.8 Å². The first-order valence-electron chi connectivity index (χ1n) is 7.24. The molecule has 6 heteroatoms. The normalized spacial score (nSPS) is 16.7. The Morgan fingerprint density at radius 1 is 1.09 bits per heavy atom. The number of carbonyl (C=O) groups is 2. The average molecular weight is 375 g/mol. The van der Waals surface area contributed by atoms with Crippen molar-refractivity contribution in [2.75, 3.05) is 5.32 Å². The summed E-state index contributed by atoms with van der Waals surface area (Å²) < 4.78 is 6.70. The van der Waals surface area contributed by atoms with Crippen LogP contribution in [0.1, 0.15) is 12.8 Å². The molecule has 2 aromatic carbocycles. The van der Waals surface area contributed by atoms with Crippen molar-refractivity contribution < 1.29 is 14.3 Å². The van der Waals surface area contributed by atoms with E-state index in [9.17, 15) is 9.59 Å². The van der Waals surface area contributed by atoms with E-state index in [0.29, 0.717) is 24.3 Å². The third-order valence-electron chi connectivity index (χ3n) is 3.48. The fraction of sp³-hybridized carbons (Fsp3) is 0.176. The van der Waals surface area contributed by atoms with Gasteiger partial charge in [-0.1, -0.05) is 15.9 Å². The van der Waals surface area contributed by atoms with E-state index in [1.807, 2.05) is 24.3 Å². The van der Waals surface area contributed by atoms with E-state index in [4.69, 9.17) is 4.74 Å². The second-order valence-corrected chi connectivity index (χ2v) is 6.14. The van der Waals surface area contributed by atoms with Crippen molar-refractivity contribution in [3.63, 3.8) is 0 Å². The van der Waals surface area contributed by atoms with Crippen molar-refractivity contribution in [1.82, 2.24) is 5.32 Å². The Kier molecular flexibility index (Phi) is 4.62. The minimum atomic E-state index is -0.443. The fourth-order valence-corrected chi connectivity index (χ4v) is 2.55. The van der Waals surface area contributed by atoms with Crippen molar-refractivity contribution >= 4 is 33.4 Å². The van der Waals surface area contributed by atoms with Crippen LogP contribution in [0.2, 0.25) is 0 Å². The van der Waals surface area contributed by atoms with Crippen molar-refractivity contribution in [3.05, 3.63) is 53.0 Å². The first kappa shape index (κ1) is 15.6. The summed E-state index contributed by atoms with van der Waals surface area (Å²) >= 11 is 3.37. The van der Waals surface area contributed by atoms with Gasteiger partial charge < -0.3 is 15.4 Å². The molecule has 0 spiro atoms. The van der Waals surface area contributed by atoms with E-state index >= 15 is 0 Å². The van der Waals surface area contributed by atoms with Crippen molar-refractivity contribution in [1.29, 1.82) is 0 Å². The van der Waals surface area contributed by atoms with Crippen molar-refractivity contribution in [2.24, 2.45) is 0 Å². The second kappa shape index (κ2) is 6.83. The molecule has 118 valence electrons. The zero-order valence-electron chi connectivity index (χ0n) is 12.2. The molecule has 3 rings (SSSR count). The van der Waals surface area contributed by atoms with E-state index in [1.54, 1.807) is 24.3 Å². The number of amides is 2. The molecule has 1 aliphatic rings. The minimum Gasteiger partial charge on any atom is -0.457 e. The quantitative estimate of drug-likeness (QED) is 0.860. The molecule has 1 saturated heterocycles. The maximum absolute atomic E-state index is 12.0. The highest BCUT2D eigenvalue weighted by molar-refractivity contribution is 9.10. The van der Waals surface area contributed by atoms with Gasteiger partial charge in [0.2, 0.25) is 11.8 Å². The molecule has 0 aromatic heterocycles. The van der Waals surface area contributed by atoms with Gasteiger partial charge in [-0.25, -0.2) is 0 Å². The van der Waals surface area contributed by atoms with Gasteiger partial charge in [0.25, 0.3) is 0 Å². The highest BCUT2D eigenvalue weighted by atomic mass is 79.9. The van der Waals surface area contributed by atoms with Crippen LogP contribution in [0, 0.1) is 0 Å². The van der Waals surface area contributed by atoms with Gasteiger partial charge in [0, 0.05) is 16.6 Å². The van der Waals surface area contributed by atoms with Gasteiger partial charge in [-0.3, -0.25) is 9.59 Å². The van der Waals surface area contributed by atoms with Gasteiger partial charge in [-0.2, -0.15) is 0 Å². The maximum Gasteiger partial charge on any atom is 0.246 e. The smallest absolute Gasteiger partial charge is 0.246 e. The molecule has 2 amide bonds. The Hall–Kier alpha value is -2.34. The van der Waals surface area contributed by atoms with Gasteiger partial charge in [0.1, 0.15) is 17.5 Å². The maximum atomic E-state index is 12.0. The monoisotopic (exact) mass is 374 g/mol. The third kappa shape index (κ3) is 4.10. The summed E-state index contributed by atoms with van der Waals surface area (Å²) in [6.07, 6.45) is 0.938. The van der Waals surface area contributed by atoms with Gasteiger partial charge in [-0.15, -0.1) is 0 Å². The van der Waals surface area contributed by atoms with E-state index in [2.05, 4.69) is 26.6 Å². The van der Waals surface area contributed by atoms with Crippen LogP contribution in [-0.2, 0) is 9.59 Å². The van der Waals surface area contributed by atoms with Crippen LogP contribution in [0.3, 0.4) is 0 Å². The summed E-state index contributed by atoms with van der Waals surface area (Å²) in [7, 11) is 0. The molecule has 2 N–H and O–H groups in total. The lowest BCUT2D eigenvalue weighted by Crippen LogP contribution is -2.37. The number of ether oxygens (including phenoxy) is 1. The van der Waals surface area contributed by atoms with Crippen LogP contribution in [-0.4, -0.2) is 17.9 Å². The molecule has 1 atom stereocenters. The Bertz CT molecular complexity index is 714. The fourth-order valence-electron chi connectivity index (χ4n) is 2.29. The molecule has 0 unspecified atom stereocenters. The number of nitrogens with one attached hydrogen (secondary N) is 2. The summed E-state index contributed by atoms with van der Waals surface area (Å²) in [6, 6.07) is 14.2. The van der Waals surface area contributed by atoms with Gasteiger partial charge in [-0.05, 0) is 55.0 Å². The lowest BCUT2D eigenvalue weighted by Gasteiger charge is -2.11. The summed E-state index contributed by atoms with van der Waals surface area (Å²) in [5.41, 5.74) is 0.666. The van der Waals surface area contributed by atoms with E-state index < -0.39 is 6.04 Å². The van der Waals surface area contributed by atoms with Crippen LogP contribution in [0.15, 0.2) is 53.0 Å². The molecule has 0 saturated carbocycles. The number of anilines is 1. The molecular formula is C17H15BrN2O3. The number of benzene rings is 2. The summed E-state index contributed by atoms with van der Waals surface area (Å²) in [5.74, 6) is 1.14. The molecule has 0 bridgehead atoms. The minimum absolute atomic E-state index is 0.0802. The second-order valence-electron chi connectivity index (χ2n) is 5.23. The predicted molar refractivity (Wildman–Crippen MR) is 90.5 cm³/mol. The number of halogens is 1. The number of hydrogen-bond donors (Lipinski definition) is 2. The first-order chi connectivity index (χ1) is 11.1. The summed E-state index contributed by atoms with van der Waals surface area (Å²) in [4.78, 5) is 23.1. The van der Waals surface area contributed by atoms with Gasteiger partial charge in [0.15, 0.2) is 0 Å². The third-order valence-corrected chi connectivity index (χ3v) is 4.01. The lowest BCUT2D eigenvalue weighted by molar-refractivity contribution is -0.122. The van der Waals surface area contributed by atoms with Crippen LogP contribution in [0.25, 0.3) is 0 Å². The van der Waals surface area contributed by atoms with Crippen LogP contribution in [0.4, 0.5) is 5.69 Å². The van der Waals surface area contributed by atoms with Gasteiger partial charge >= 0.3 is 0 Å². The topological polar surface area (TPSA) is 67.4 Å². The molecule has 1 heterocycles. The van der Waals surface area contributed by atoms with Crippen LogP contribution in [0.5, 0.6) is 11.5 Å². The Labute approximate surface area is 142 Å². The zero-order chi connectivity index (χ0) is 16.2. The van der Waals surface area contributed by atoms with Crippen LogP contribution >= 0.6 is 15.9 Å². The van der Waals surface area contributed by atoms with Gasteiger partial charge in [0.05, 0.1) is 0 Å². The first-order valence-corrected chi connectivity index (χ1v) is 8.03. The summed E-state index contributed by atoms with van der Waals surface area (Å²) in [6.45, 7) is 0. The molecule has 0 radical (unpaired) electrons. The summed E-state index contributed by atoms with van der Waals surface area (Å²) in [5, 5.41) is 5.43. The standard InChI is InChI=1S/C17H15BrN2O3/c18-11-1-5-13(6-2-11)23-14-7-3-12(4-8-14)19-17(22)15-9-10-16(21)20-15/h1-8,15H,9-10H2,(H,19,22)(H,20,21)/t15-/m1/s1. The highest BCUT2D eigenvalue weighted by Gasteiger charge is 2.26. The average Bonchev–Trinajstić information content (AvgIpc) is 2.98. The van der Waals surface area contributed by atoms with Crippen LogP contribution < -0.4 is 15.4 Å². The molecule has 1 aliphatic heterocycles. The SMILES string of the molecule is O=C1CC[C@H](C(=O)Nc2ccc(Oc3ccc(Br)cc3)cc2)N1. The number of hydrogen-bond acceptors (Lipinski definition) is 3.